The number of likely N-dealkylation sites (tertiary alicyclic amines) is 1. The van der Waals surface area contributed by atoms with Crippen LogP contribution in [0.5, 0.6) is 0 Å². The van der Waals surface area contributed by atoms with Gasteiger partial charge in [-0.25, -0.2) is 4.39 Å². The van der Waals surface area contributed by atoms with Crippen LogP contribution in [0, 0.1) is 5.82 Å². The molecular weight excluding hydrogens is 484 g/mol. The Morgan fingerprint density at radius 2 is 1.82 bits per heavy atom. The molecule has 1 fully saturated rings. The smallest absolute Gasteiger partial charge is 0.254 e. The summed E-state index contributed by atoms with van der Waals surface area (Å²) in [6.07, 6.45) is 3.38. The van der Waals surface area contributed by atoms with Crippen molar-refractivity contribution in [2.24, 2.45) is 0 Å². The van der Waals surface area contributed by atoms with Crippen LogP contribution in [-0.4, -0.2) is 48.4 Å². The Morgan fingerprint density at radius 3 is 2.45 bits per heavy atom. The number of nitrogens with one attached hydrogen (secondary N) is 2. The maximum Gasteiger partial charge on any atom is 0.254 e. The summed E-state index contributed by atoms with van der Waals surface area (Å²) in [5.74, 6) is 0.134. The predicted molar refractivity (Wildman–Crippen MR) is 135 cm³/mol. The average Bonchev–Trinajstić information content (AvgIpc) is 2.77. The Kier molecular flexibility index (Phi) is 9.83. The van der Waals surface area contributed by atoms with Crippen molar-refractivity contribution in [3.63, 3.8) is 0 Å². The molecule has 4 nitrogen and oxygen atoms in total. The molecule has 0 spiro atoms. The molecule has 2 aromatic carbocycles. The summed E-state index contributed by atoms with van der Waals surface area (Å²) in [4.78, 5) is 15.2. The lowest BCUT2D eigenvalue weighted by atomic mass is 9.89. The second kappa shape index (κ2) is 12.4. The molecule has 33 heavy (non-hydrogen) atoms. The van der Waals surface area contributed by atoms with Crippen LogP contribution < -0.4 is 10.6 Å². The van der Waals surface area contributed by atoms with Crippen LogP contribution in [-0.2, 0) is 0 Å². The fraction of sp³-hybridized carbons (Fsp3) is 0.480. The Labute approximate surface area is 210 Å². The lowest BCUT2D eigenvalue weighted by Crippen LogP contribution is -2.53. The number of carbonyl (C=O) groups is 1. The number of amides is 1. The van der Waals surface area contributed by atoms with E-state index in [-0.39, 0.29) is 23.3 Å². The molecule has 0 aromatic heterocycles. The number of piperidine rings is 1. The van der Waals surface area contributed by atoms with E-state index in [1.165, 1.54) is 6.07 Å². The van der Waals surface area contributed by atoms with Crippen molar-refractivity contribution in [2.75, 3.05) is 32.1 Å². The van der Waals surface area contributed by atoms with Crippen molar-refractivity contribution in [1.82, 2.24) is 15.5 Å². The molecule has 1 atom stereocenters. The second-order valence-corrected chi connectivity index (χ2v) is 10.0. The number of carbonyl (C=O) groups excluding carboxylic acids is 1. The van der Waals surface area contributed by atoms with Crippen LogP contribution in [0.15, 0.2) is 42.5 Å². The molecule has 2 aromatic rings. The van der Waals surface area contributed by atoms with E-state index in [0.717, 1.165) is 57.4 Å². The lowest BCUT2D eigenvalue weighted by Gasteiger charge is -2.40. The highest BCUT2D eigenvalue weighted by molar-refractivity contribution is 6.39. The fourth-order valence-corrected chi connectivity index (χ4v) is 4.91. The van der Waals surface area contributed by atoms with Gasteiger partial charge in [0, 0.05) is 30.6 Å². The molecule has 1 saturated heterocycles. The van der Waals surface area contributed by atoms with Gasteiger partial charge in [-0.15, -0.1) is 11.6 Å². The Bertz CT molecular complexity index is 915. The molecule has 3 rings (SSSR count). The number of hydrogen-bond donors (Lipinski definition) is 2. The Balaban J connectivity index is 1.54. The van der Waals surface area contributed by atoms with Crippen LogP contribution in [0.3, 0.4) is 0 Å². The first-order valence-corrected chi connectivity index (χ1v) is 12.6. The largest absolute Gasteiger partial charge is 0.347 e. The second-order valence-electron chi connectivity index (χ2n) is 8.85. The van der Waals surface area contributed by atoms with Crippen LogP contribution in [0.25, 0.3) is 0 Å². The fourth-order valence-electron chi connectivity index (χ4n) is 4.21. The number of nitrogens with zero attached hydrogens (tertiary/aromatic N) is 1. The van der Waals surface area contributed by atoms with Gasteiger partial charge in [0.25, 0.3) is 5.91 Å². The Hall–Kier alpha value is -1.37. The molecule has 1 aliphatic heterocycles. The zero-order valence-corrected chi connectivity index (χ0v) is 21.1. The maximum atomic E-state index is 13.8. The summed E-state index contributed by atoms with van der Waals surface area (Å²) in [6, 6.07) is 11.9. The van der Waals surface area contributed by atoms with Crippen molar-refractivity contribution >= 4 is 40.7 Å². The SMILES string of the molecule is CC1(NC(=O)c2c(Cl)cccc2Cl)CCN(CC[C@H](NCCCCl)c2cccc(F)c2)CC1. The van der Waals surface area contributed by atoms with Gasteiger partial charge in [-0.2, -0.15) is 0 Å². The highest BCUT2D eigenvalue weighted by atomic mass is 35.5. The van der Waals surface area contributed by atoms with Crippen molar-refractivity contribution < 1.29 is 9.18 Å². The van der Waals surface area contributed by atoms with E-state index in [2.05, 4.69) is 22.5 Å². The normalized spacial score (nSPS) is 17.0. The molecule has 0 saturated carbocycles. The third-order valence-corrected chi connectivity index (χ3v) is 7.15. The molecular formula is C25H31Cl3FN3O. The molecule has 1 aliphatic rings. The Morgan fingerprint density at radius 1 is 1.15 bits per heavy atom. The molecule has 0 radical (unpaired) electrons. The van der Waals surface area contributed by atoms with Gasteiger partial charge < -0.3 is 15.5 Å². The number of halogens is 4. The van der Waals surface area contributed by atoms with E-state index >= 15 is 0 Å². The monoisotopic (exact) mass is 513 g/mol. The third kappa shape index (κ3) is 7.56. The van der Waals surface area contributed by atoms with E-state index in [9.17, 15) is 9.18 Å². The van der Waals surface area contributed by atoms with Crippen LogP contribution in [0.1, 0.15) is 54.6 Å². The van der Waals surface area contributed by atoms with Crippen LogP contribution in [0.4, 0.5) is 4.39 Å². The summed E-state index contributed by atoms with van der Waals surface area (Å²) >= 11 is 18.2. The van der Waals surface area contributed by atoms with Crippen molar-refractivity contribution in [3.05, 3.63) is 69.5 Å². The highest BCUT2D eigenvalue weighted by Crippen LogP contribution is 2.28. The molecule has 0 aliphatic carbocycles. The molecule has 2 N–H and O–H groups in total. The minimum atomic E-state index is -0.323. The number of rotatable bonds is 10. The van der Waals surface area contributed by atoms with Gasteiger partial charge in [0.15, 0.2) is 0 Å². The quantitative estimate of drug-likeness (QED) is 0.299. The van der Waals surface area contributed by atoms with E-state index in [4.69, 9.17) is 34.8 Å². The van der Waals surface area contributed by atoms with Gasteiger partial charge in [-0.1, -0.05) is 41.4 Å². The first-order chi connectivity index (χ1) is 15.8. The summed E-state index contributed by atoms with van der Waals surface area (Å²) in [7, 11) is 0. The topological polar surface area (TPSA) is 44.4 Å². The minimum Gasteiger partial charge on any atom is -0.347 e. The van der Waals surface area contributed by atoms with E-state index in [1.54, 1.807) is 30.3 Å². The van der Waals surface area contributed by atoms with Gasteiger partial charge in [-0.3, -0.25) is 4.79 Å². The molecule has 8 heteroatoms. The molecule has 180 valence electrons. The summed E-state index contributed by atoms with van der Waals surface area (Å²) < 4.78 is 13.8. The van der Waals surface area contributed by atoms with E-state index in [1.807, 2.05) is 6.07 Å². The van der Waals surface area contributed by atoms with E-state index in [0.29, 0.717) is 21.5 Å². The first kappa shape index (κ1) is 26.2. The highest BCUT2D eigenvalue weighted by Gasteiger charge is 2.32. The van der Waals surface area contributed by atoms with Crippen LogP contribution in [0.2, 0.25) is 10.0 Å². The maximum absolute atomic E-state index is 13.8. The van der Waals surface area contributed by atoms with Crippen LogP contribution >= 0.6 is 34.8 Å². The lowest BCUT2D eigenvalue weighted by molar-refractivity contribution is 0.0831. The number of hydrogen-bond acceptors (Lipinski definition) is 3. The van der Waals surface area contributed by atoms with Crippen molar-refractivity contribution in [2.45, 2.75) is 44.2 Å². The molecule has 0 unspecified atom stereocenters. The molecule has 0 bridgehead atoms. The summed E-state index contributed by atoms with van der Waals surface area (Å²) in [6.45, 7) is 5.47. The summed E-state index contributed by atoms with van der Waals surface area (Å²) in [5, 5.41) is 7.36. The first-order valence-electron chi connectivity index (χ1n) is 11.3. The van der Waals surface area contributed by atoms with Gasteiger partial charge in [0.2, 0.25) is 0 Å². The third-order valence-electron chi connectivity index (χ3n) is 6.25. The zero-order valence-electron chi connectivity index (χ0n) is 18.9. The van der Waals surface area contributed by atoms with Crippen molar-refractivity contribution in [3.8, 4) is 0 Å². The standard InChI is InChI=1S/C25H31Cl3FN3O/c1-25(31-24(33)23-20(27)7-3-8-21(23)28)10-15-32(16-11-25)14-9-22(30-13-4-12-26)18-5-2-6-19(29)17-18/h2-3,5-8,17,22,30H,4,9-16H2,1H3,(H,31,33)/t22-/m0/s1. The molecule has 1 heterocycles. The minimum absolute atomic E-state index is 0.0688. The van der Waals surface area contributed by atoms with Gasteiger partial charge in [0.1, 0.15) is 5.82 Å². The number of alkyl halides is 1. The average molecular weight is 515 g/mol. The molecule has 1 amide bonds. The van der Waals surface area contributed by atoms with Gasteiger partial charge in [0.05, 0.1) is 15.6 Å². The summed E-state index contributed by atoms with van der Waals surface area (Å²) in [5.41, 5.74) is 0.956. The van der Waals surface area contributed by atoms with Gasteiger partial charge >= 0.3 is 0 Å². The number of benzene rings is 2. The van der Waals surface area contributed by atoms with Crippen molar-refractivity contribution in [1.29, 1.82) is 0 Å². The zero-order chi connectivity index (χ0) is 23.8. The van der Waals surface area contributed by atoms with Gasteiger partial charge in [-0.05, 0) is 75.5 Å². The van der Waals surface area contributed by atoms with E-state index < -0.39 is 0 Å². The predicted octanol–water partition coefficient (Wildman–Crippen LogP) is 6.07.